The van der Waals surface area contributed by atoms with Crippen molar-refractivity contribution in [1.82, 2.24) is 19.5 Å². The molecule has 0 aliphatic carbocycles. The predicted octanol–water partition coefficient (Wildman–Crippen LogP) is 1.44. The van der Waals surface area contributed by atoms with E-state index in [1.165, 1.54) is 4.68 Å². The van der Waals surface area contributed by atoms with Gasteiger partial charge in [-0.25, -0.2) is 9.67 Å². The van der Waals surface area contributed by atoms with Gasteiger partial charge in [-0.1, -0.05) is 12.1 Å². The zero-order chi connectivity index (χ0) is 13.6. The monoisotopic (exact) mass is 256 g/mol. The number of hydrogen-bond donors (Lipinski definition) is 1. The van der Waals surface area contributed by atoms with Gasteiger partial charge in [0, 0.05) is 5.69 Å². The molecule has 0 atom stereocenters. The van der Waals surface area contributed by atoms with Crippen molar-refractivity contribution in [2.75, 3.05) is 0 Å². The summed E-state index contributed by atoms with van der Waals surface area (Å²) in [7, 11) is 0. The van der Waals surface area contributed by atoms with Crippen molar-refractivity contribution in [2.24, 2.45) is 0 Å². The highest BCUT2D eigenvalue weighted by atomic mass is 16.5. The van der Waals surface area contributed by atoms with Gasteiger partial charge in [-0.2, -0.15) is 5.10 Å². The number of fused-ring (bicyclic) bond motifs is 1. The van der Waals surface area contributed by atoms with Crippen LogP contribution < -0.4 is 5.56 Å². The van der Waals surface area contributed by atoms with Crippen LogP contribution in [0.4, 0.5) is 0 Å². The van der Waals surface area contributed by atoms with E-state index in [1.807, 2.05) is 19.9 Å². The molecule has 0 spiro atoms. The number of aryl methyl sites for hydroxylation is 2. The van der Waals surface area contributed by atoms with Gasteiger partial charge in [0.25, 0.3) is 11.5 Å². The number of hydrogen-bond acceptors (Lipinski definition) is 4. The highest BCUT2D eigenvalue weighted by Crippen LogP contribution is 2.12. The second-order valence-electron chi connectivity index (χ2n) is 4.38. The Morgan fingerprint density at radius 3 is 2.63 bits per heavy atom. The molecule has 0 bridgehead atoms. The van der Waals surface area contributed by atoms with Crippen LogP contribution in [0.1, 0.15) is 11.4 Å². The van der Waals surface area contributed by atoms with E-state index in [1.54, 1.807) is 24.3 Å². The summed E-state index contributed by atoms with van der Waals surface area (Å²) in [4.78, 5) is 16.4. The van der Waals surface area contributed by atoms with Gasteiger partial charge in [-0.3, -0.25) is 4.79 Å². The molecule has 1 N–H and O–H groups in total. The molecule has 6 nitrogen and oxygen atoms in total. The van der Waals surface area contributed by atoms with Crippen LogP contribution in [0.5, 0.6) is 0 Å². The molecule has 0 saturated carbocycles. The molecular weight excluding hydrogens is 244 g/mol. The number of aromatic nitrogens is 4. The van der Waals surface area contributed by atoms with Crippen LogP contribution in [0.3, 0.4) is 0 Å². The zero-order valence-corrected chi connectivity index (χ0v) is 10.5. The Hall–Kier alpha value is -2.63. The van der Waals surface area contributed by atoms with E-state index in [9.17, 15) is 10.0 Å². The highest BCUT2D eigenvalue weighted by Gasteiger charge is 2.14. The van der Waals surface area contributed by atoms with Crippen LogP contribution in [0.2, 0.25) is 0 Å². The van der Waals surface area contributed by atoms with E-state index in [-0.39, 0.29) is 5.95 Å². The second kappa shape index (κ2) is 3.94. The maximum Gasteiger partial charge on any atom is 0.295 e. The van der Waals surface area contributed by atoms with E-state index in [4.69, 9.17) is 0 Å². The second-order valence-corrected chi connectivity index (χ2v) is 4.38. The summed E-state index contributed by atoms with van der Waals surface area (Å²) in [5, 5.41) is 14.6. The van der Waals surface area contributed by atoms with Crippen LogP contribution in [0.15, 0.2) is 35.1 Å². The van der Waals surface area contributed by atoms with E-state index in [0.717, 1.165) is 11.4 Å². The Labute approximate surface area is 108 Å². The average Bonchev–Trinajstić information content (AvgIpc) is 2.73. The summed E-state index contributed by atoms with van der Waals surface area (Å²) in [6.45, 7) is 3.67. The Bertz CT molecular complexity index is 832. The fourth-order valence-corrected chi connectivity index (χ4v) is 2.08. The molecule has 1 aromatic carbocycles. The zero-order valence-electron chi connectivity index (χ0n) is 10.5. The lowest BCUT2D eigenvalue weighted by atomic mass is 10.2. The minimum atomic E-state index is -0.506. The molecule has 3 aromatic rings. The number of nitrogens with zero attached hydrogens (tertiary/aromatic N) is 4. The molecule has 96 valence electrons. The van der Waals surface area contributed by atoms with Gasteiger partial charge in [0.2, 0.25) is 0 Å². The lowest BCUT2D eigenvalue weighted by molar-refractivity contribution is 0.169. The number of benzene rings is 1. The summed E-state index contributed by atoms with van der Waals surface area (Å²) in [5.74, 6) is 0.0919. The maximum atomic E-state index is 12.1. The summed E-state index contributed by atoms with van der Waals surface area (Å²) < 4.78 is 1.98. The topological polar surface area (TPSA) is 72.9 Å². The van der Waals surface area contributed by atoms with Crippen LogP contribution >= 0.6 is 0 Å². The Morgan fingerprint density at radius 1 is 1.21 bits per heavy atom. The van der Waals surface area contributed by atoms with Gasteiger partial charge in [0.15, 0.2) is 0 Å². The highest BCUT2D eigenvalue weighted by molar-refractivity contribution is 5.77. The van der Waals surface area contributed by atoms with Crippen molar-refractivity contribution >= 4 is 10.9 Å². The van der Waals surface area contributed by atoms with Crippen LogP contribution in [-0.4, -0.2) is 24.7 Å². The van der Waals surface area contributed by atoms with Gasteiger partial charge in [0.1, 0.15) is 0 Å². The first kappa shape index (κ1) is 11.5. The van der Waals surface area contributed by atoms with Gasteiger partial charge >= 0.3 is 0 Å². The van der Waals surface area contributed by atoms with E-state index in [0.29, 0.717) is 15.6 Å². The third-order valence-corrected chi connectivity index (χ3v) is 2.94. The molecule has 2 heterocycles. The summed E-state index contributed by atoms with van der Waals surface area (Å²) in [6.07, 6.45) is 0. The molecule has 0 saturated heterocycles. The molecule has 0 unspecified atom stereocenters. The van der Waals surface area contributed by atoms with Crippen LogP contribution in [0, 0.1) is 13.8 Å². The van der Waals surface area contributed by atoms with Crippen molar-refractivity contribution in [3.63, 3.8) is 0 Å². The standard InChI is InChI=1S/C13H12N4O2/c1-8-7-9(2)16(15-8)13-14-11-6-4-3-5-10(11)12(18)17(13)19/h3-7,19H,1-2H3. The van der Waals surface area contributed by atoms with Crippen molar-refractivity contribution in [3.8, 4) is 5.95 Å². The van der Waals surface area contributed by atoms with Crippen molar-refractivity contribution in [3.05, 3.63) is 52.1 Å². The van der Waals surface area contributed by atoms with Gasteiger partial charge in [0.05, 0.1) is 16.6 Å². The minimum Gasteiger partial charge on any atom is -0.422 e. The first-order valence-electron chi connectivity index (χ1n) is 5.82. The molecule has 19 heavy (non-hydrogen) atoms. The molecule has 3 rings (SSSR count). The summed E-state index contributed by atoms with van der Waals surface area (Å²) >= 11 is 0. The first-order chi connectivity index (χ1) is 9.08. The fraction of sp³-hybridized carbons (Fsp3) is 0.154. The summed E-state index contributed by atoms with van der Waals surface area (Å²) in [5.41, 5.74) is 1.61. The number of para-hydroxylation sites is 1. The smallest absolute Gasteiger partial charge is 0.295 e. The Morgan fingerprint density at radius 2 is 1.95 bits per heavy atom. The van der Waals surface area contributed by atoms with Gasteiger partial charge in [-0.05, 0) is 32.0 Å². The van der Waals surface area contributed by atoms with Crippen molar-refractivity contribution in [2.45, 2.75) is 13.8 Å². The Kier molecular flexibility index (Phi) is 2.38. The van der Waals surface area contributed by atoms with Crippen LogP contribution in [-0.2, 0) is 0 Å². The Balaban J connectivity index is 2.39. The lowest BCUT2D eigenvalue weighted by Gasteiger charge is -2.08. The van der Waals surface area contributed by atoms with Crippen molar-refractivity contribution < 1.29 is 5.21 Å². The van der Waals surface area contributed by atoms with E-state index >= 15 is 0 Å². The molecule has 0 amide bonds. The third kappa shape index (κ3) is 1.69. The van der Waals surface area contributed by atoms with Crippen molar-refractivity contribution in [1.29, 1.82) is 0 Å². The molecule has 0 aliphatic heterocycles. The third-order valence-electron chi connectivity index (χ3n) is 2.94. The number of rotatable bonds is 1. The molecule has 0 fully saturated rings. The van der Waals surface area contributed by atoms with E-state index in [2.05, 4.69) is 10.1 Å². The molecule has 6 heteroatoms. The summed E-state index contributed by atoms with van der Waals surface area (Å²) in [6, 6.07) is 8.73. The quantitative estimate of drug-likeness (QED) is 0.668. The fourth-order valence-electron chi connectivity index (χ4n) is 2.08. The molecular formula is C13H12N4O2. The largest absolute Gasteiger partial charge is 0.422 e. The first-order valence-corrected chi connectivity index (χ1v) is 5.82. The van der Waals surface area contributed by atoms with Gasteiger partial charge in [-0.15, -0.1) is 4.73 Å². The average molecular weight is 256 g/mol. The molecule has 0 aliphatic rings. The SMILES string of the molecule is Cc1cc(C)n(-c2nc3ccccc3c(=O)n2O)n1. The maximum absolute atomic E-state index is 12.1. The molecule has 0 radical (unpaired) electrons. The van der Waals surface area contributed by atoms with E-state index < -0.39 is 5.56 Å². The van der Waals surface area contributed by atoms with Gasteiger partial charge < -0.3 is 5.21 Å². The predicted molar refractivity (Wildman–Crippen MR) is 69.8 cm³/mol. The molecule has 2 aromatic heterocycles. The minimum absolute atomic E-state index is 0.0919. The normalized spacial score (nSPS) is 11.1. The van der Waals surface area contributed by atoms with Crippen LogP contribution in [0.25, 0.3) is 16.9 Å². The lowest BCUT2D eigenvalue weighted by Crippen LogP contribution is -2.25.